The van der Waals surface area contributed by atoms with E-state index < -0.39 is 18.0 Å². The number of hydrogen-bond acceptors (Lipinski definition) is 3. The molecule has 0 aliphatic heterocycles. The quantitative estimate of drug-likeness (QED) is 0.536. The van der Waals surface area contributed by atoms with Crippen LogP contribution in [0.15, 0.2) is 0 Å². The Bertz CT molecular complexity index is 295. The number of urea groups is 1. The van der Waals surface area contributed by atoms with Crippen molar-refractivity contribution < 1.29 is 19.4 Å². The zero-order valence-corrected chi connectivity index (χ0v) is 12.9. The molecule has 2 amide bonds. The van der Waals surface area contributed by atoms with Crippen LogP contribution in [0.2, 0.25) is 0 Å². The number of carbonyl (C=O) groups is 2. The summed E-state index contributed by atoms with van der Waals surface area (Å²) in [6.45, 7) is 8.85. The standard InChI is InChI=1S/C14H28N2O4/c1-5-11(4)12(13(17)18)16-14(19)15-8-6-7-9-20-10(2)3/h10-12H,5-9H2,1-4H3,(H,17,18)(H2,15,16,19)/t11?,12-/m0/s1. The van der Waals surface area contributed by atoms with E-state index >= 15 is 0 Å². The molecule has 1 unspecified atom stereocenters. The summed E-state index contributed by atoms with van der Waals surface area (Å²) < 4.78 is 5.38. The van der Waals surface area contributed by atoms with E-state index in [1.165, 1.54) is 0 Å². The molecule has 0 spiro atoms. The summed E-state index contributed by atoms with van der Waals surface area (Å²) in [4.78, 5) is 22.7. The molecule has 0 fully saturated rings. The third-order valence-corrected chi connectivity index (χ3v) is 3.07. The van der Waals surface area contributed by atoms with Gasteiger partial charge in [-0.25, -0.2) is 9.59 Å². The molecule has 0 saturated carbocycles. The van der Waals surface area contributed by atoms with E-state index in [1.54, 1.807) is 0 Å². The summed E-state index contributed by atoms with van der Waals surface area (Å²) in [6, 6.07) is -1.27. The van der Waals surface area contributed by atoms with Crippen molar-refractivity contribution in [3.63, 3.8) is 0 Å². The molecule has 0 radical (unpaired) electrons. The van der Waals surface area contributed by atoms with Gasteiger partial charge in [-0.05, 0) is 32.6 Å². The van der Waals surface area contributed by atoms with Gasteiger partial charge >= 0.3 is 12.0 Å². The first-order valence-electron chi connectivity index (χ1n) is 7.27. The van der Waals surface area contributed by atoms with Crippen molar-refractivity contribution in [1.29, 1.82) is 0 Å². The van der Waals surface area contributed by atoms with Crippen LogP contribution in [0.5, 0.6) is 0 Å². The molecule has 0 rings (SSSR count). The number of aliphatic carboxylic acids is 1. The highest BCUT2D eigenvalue weighted by atomic mass is 16.5. The lowest BCUT2D eigenvalue weighted by Gasteiger charge is -2.20. The summed E-state index contributed by atoms with van der Waals surface area (Å²) in [6.07, 6.45) is 2.59. The zero-order chi connectivity index (χ0) is 15.5. The number of amides is 2. The minimum atomic E-state index is -1.00. The van der Waals surface area contributed by atoms with E-state index in [-0.39, 0.29) is 12.0 Å². The van der Waals surface area contributed by atoms with Crippen molar-refractivity contribution in [1.82, 2.24) is 10.6 Å². The second-order valence-corrected chi connectivity index (χ2v) is 5.23. The fourth-order valence-electron chi connectivity index (χ4n) is 1.62. The fraction of sp³-hybridized carbons (Fsp3) is 0.857. The van der Waals surface area contributed by atoms with Crippen LogP contribution in [0.1, 0.15) is 47.0 Å². The highest BCUT2D eigenvalue weighted by Gasteiger charge is 2.24. The number of carbonyl (C=O) groups excluding carboxylic acids is 1. The lowest BCUT2D eigenvalue weighted by Crippen LogP contribution is -2.49. The average Bonchev–Trinajstić information content (AvgIpc) is 2.38. The van der Waals surface area contributed by atoms with Gasteiger partial charge in [0, 0.05) is 13.2 Å². The number of unbranched alkanes of at least 4 members (excludes halogenated alkanes) is 1. The zero-order valence-electron chi connectivity index (χ0n) is 12.9. The molecule has 0 aromatic rings. The molecule has 6 heteroatoms. The van der Waals surface area contributed by atoms with Gasteiger partial charge in [0.15, 0.2) is 0 Å². The van der Waals surface area contributed by atoms with Gasteiger partial charge in [-0.2, -0.15) is 0 Å². The highest BCUT2D eigenvalue weighted by Crippen LogP contribution is 2.07. The molecule has 0 heterocycles. The molecule has 0 aliphatic rings. The van der Waals surface area contributed by atoms with Gasteiger partial charge in [-0.3, -0.25) is 0 Å². The highest BCUT2D eigenvalue weighted by molar-refractivity contribution is 5.82. The molecule has 0 aliphatic carbocycles. The van der Waals surface area contributed by atoms with Crippen molar-refractivity contribution >= 4 is 12.0 Å². The minimum absolute atomic E-state index is 0.0994. The average molecular weight is 288 g/mol. The van der Waals surface area contributed by atoms with Gasteiger partial charge in [0.25, 0.3) is 0 Å². The first-order chi connectivity index (χ1) is 9.38. The predicted octanol–water partition coefficient (Wildman–Crippen LogP) is 1.99. The van der Waals surface area contributed by atoms with Crippen LogP contribution >= 0.6 is 0 Å². The Morgan fingerprint density at radius 3 is 2.35 bits per heavy atom. The molecule has 118 valence electrons. The Morgan fingerprint density at radius 1 is 1.20 bits per heavy atom. The third kappa shape index (κ3) is 8.74. The first-order valence-corrected chi connectivity index (χ1v) is 7.27. The lowest BCUT2D eigenvalue weighted by molar-refractivity contribution is -0.140. The van der Waals surface area contributed by atoms with Gasteiger partial charge in [-0.15, -0.1) is 0 Å². The first kappa shape index (κ1) is 18.7. The van der Waals surface area contributed by atoms with Crippen LogP contribution in [0.4, 0.5) is 4.79 Å². The van der Waals surface area contributed by atoms with Gasteiger partial charge in [0.05, 0.1) is 6.10 Å². The van der Waals surface area contributed by atoms with Crippen molar-refractivity contribution in [3.05, 3.63) is 0 Å². The maximum Gasteiger partial charge on any atom is 0.326 e. The normalized spacial score (nSPS) is 13.8. The van der Waals surface area contributed by atoms with Crippen molar-refractivity contribution in [2.75, 3.05) is 13.2 Å². The van der Waals surface area contributed by atoms with E-state index in [0.717, 1.165) is 12.8 Å². The fourth-order valence-corrected chi connectivity index (χ4v) is 1.62. The van der Waals surface area contributed by atoms with Gasteiger partial charge < -0.3 is 20.5 Å². The Labute approximate surface area is 121 Å². The molecule has 3 N–H and O–H groups in total. The molecule has 20 heavy (non-hydrogen) atoms. The Hall–Kier alpha value is -1.30. The molecule has 0 aromatic heterocycles. The summed E-state index contributed by atoms with van der Waals surface area (Å²) in [5, 5.41) is 14.2. The van der Waals surface area contributed by atoms with E-state index in [4.69, 9.17) is 9.84 Å². The van der Waals surface area contributed by atoms with E-state index in [0.29, 0.717) is 19.6 Å². The van der Waals surface area contributed by atoms with Crippen molar-refractivity contribution in [2.45, 2.75) is 59.1 Å². The van der Waals surface area contributed by atoms with E-state index in [1.807, 2.05) is 27.7 Å². The maximum atomic E-state index is 11.6. The number of ether oxygens (including phenoxy) is 1. The molecular weight excluding hydrogens is 260 g/mol. The summed E-state index contributed by atoms with van der Waals surface area (Å²) in [5.74, 6) is -1.10. The largest absolute Gasteiger partial charge is 0.480 e. The summed E-state index contributed by atoms with van der Waals surface area (Å²) in [5.41, 5.74) is 0. The Morgan fingerprint density at radius 2 is 1.85 bits per heavy atom. The molecule has 2 atom stereocenters. The summed E-state index contributed by atoms with van der Waals surface area (Å²) in [7, 11) is 0. The second kappa shape index (κ2) is 10.5. The smallest absolute Gasteiger partial charge is 0.326 e. The topological polar surface area (TPSA) is 87.7 Å². The lowest BCUT2D eigenvalue weighted by atomic mass is 9.99. The molecule has 0 aromatic carbocycles. The van der Waals surface area contributed by atoms with Crippen LogP contribution in [0.25, 0.3) is 0 Å². The van der Waals surface area contributed by atoms with Crippen LogP contribution in [0.3, 0.4) is 0 Å². The number of carboxylic acids is 1. The summed E-state index contributed by atoms with van der Waals surface area (Å²) >= 11 is 0. The van der Waals surface area contributed by atoms with Crippen molar-refractivity contribution in [2.24, 2.45) is 5.92 Å². The number of nitrogens with one attached hydrogen (secondary N) is 2. The molecule has 0 saturated heterocycles. The monoisotopic (exact) mass is 288 g/mol. The maximum absolute atomic E-state index is 11.6. The minimum Gasteiger partial charge on any atom is -0.480 e. The predicted molar refractivity (Wildman–Crippen MR) is 77.7 cm³/mol. The molecular formula is C14H28N2O4. The number of hydrogen-bond donors (Lipinski definition) is 3. The van der Waals surface area contributed by atoms with Gasteiger partial charge in [0.1, 0.15) is 6.04 Å². The Balaban J connectivity index is 3.83. The Kier molecular flexibility index (Phi) is 9.80. The van der Waals surface area contributed by atoms with E-state index in [9.17, 15) is 9.59 Å². The van der Waals surface area contributed by atoms with Crippen molar-refractivity contribution in [3.8, 4) is 0 Å². The molecule has 6 nitrogen and oxygen atoms in total. The third-order valence-electron chi connectivity index (χ3n) is 3.07. The number of carboxylic acid groups (broad SMARTS) is 1. The van der Waals surface area contributed by atoms with Crippen LogP contribution in [-0.2, 0) is 9.53 Å². The van der Waals surface area contributed by atoms with Gasteiger partial charge in [-0.1, -0.05) is 20.3 Å². The van der Waals surface area contributed by atoms with E-state index in [2.05, 4.69) is 10.6 Å². The second-order valence-electron chi connectivity index (χ2n) is 5.23. The molecule has 0 bridgehead atoms. The SMILES string of the molecule is CCC(C)[C@H](NC(=O)NCCCCOC(C)C)C(=O)O. The van der Waals surface area contributed by atoms with Crippen LogP contribution in [-0.4, -0.2) is 42.4 Å². The van der Waals surface area contributed by atoms with Crippen LogP contribution < -0.4 is 10.6 Å². The van der Waals surface area contributed by atoms with Gasteiger partial charge in [0.2, 0.25) is 0 Å². The number of rotatable bonds is 10. The van der Waals surface area contributed by atoms with Crippen LogP contribution in [0, 0.1) is 5.92 Å².